The molecule has 10 nitrogen and oxygen atoms in total. The van der Waals surface area contributed by atoms with Crippen molar-refractivity contribution in [3.05, 3.63) is 54.6 Å². The quantitative estimate of drug-likeness (QED) is 0.549. The summed E-state index contributed by atoms with van der Waals surface area (Å²) in [6.07, 6.45) is 5.88. The van der Waals surface area contributed by atoms with Gasteiger partial charge >= 0.3 is 0 Å². The van der Waals surface area contributed by atoms with E-state index in [1.807, 2.05) is 18.3 Å². The molecule has 0 radical (unpaired) electrons. The van der Waals surface area contributed by atoms with Gasteiger partial charge in [-0.15, -0.1) is 0 Å². The van der Waals surface area contributed by atoms with Crippen LogP contribution in [0.5, 0.6) is 0 Å². The highest BCUT2D eigenvalue weighted by atomic mass is 32.2. The molecule has 0 aliphatic carbocycles. The van der Waals surface area contributed by atoms with E-state index in [2.05, 4.69) is 42.4 Å². The first kappa shape index (κ1) is 22.1. The Hall–Kier alpha value is -3.15. The maximum absolute atomic E-state index is 12.0. The van der Waals surface area contributed by atoms with Crippen molar-refractivity contribution in [2.75, 3.05) is 43.2 Å². The lowest BCUT2D eigenvalue weighted by Gasteiger charge is -2.32. The molecule has 1 aliphatic rings. The largest absolute Gasteiger partial charge is 0.379 e. The zero-order chi connectivity index (χ0) is 22.6. The van der Waals surface area contributed by atoms with E-state index < -0.39 is 9.84 Å². The van der Waals surface area contributed by atoms with E-state index in [-0.39, 0.29) is 16.8 Å². The number of anilines is 4. The first-order chi connectivity index (χ1) is 15.4. The van der Waals surface area contributed by atoms with Gasteiger partial charge in [0.2, 0.25) is 0 Å². The maximum Gasteiger partial charge on any atom is 0.179 e. The second-order valence-corrected chi connectivity index (χ2v) is 9.45. The van der Waals surface area contributed by atoms with E-state index in [9.17, 15) is 8.42 Å². The van der Waals surface area contributed by atoms with Crippen molar-refractivity contribution in [1.82, 2.24) is 24.8 Å². The van der Waals surface area contributed by atoms with E-state index in [0.717, 1.165) is 38.1 Å². The molecule has 3 aromatic heterocycles. The van der Waals surface area contributed by atoms with Crippen LogP contribution in [0.4, 0.5) is 23.3 Å². The molecule has 32 heavy (non-hydrogen) atoms. The van der Waals surface area contributed by atoms with E-state index in [4.69, 9.17) is 4.74 Å². The number of ether oxygens (including phenoxy) is 1. The molecule has 11 heteroatoms. The molecule has 1 atom stereocenters. The van der Waals surface area contributed by atoms with Crippen LogP contribution >= 0.6 is 0 Å². The van der Waals surface area contributed by atoms with Crippen LogP contribution in [0, 0.1) is 0 Å². The second kappa shape index (κ2) is 9.55. The van der Waals surface area contributed by atoms with Crippen LogP contribution in [0.1, 0.15) is 18.5 Å². The first-order valence-corrected chi connectivity index (χ1v) is 12.1. The Labute approximate surface area is 187 Å². The summed E-state index contributed by atoms with van der Waals surface area (Å²) in [6.45, 7) is 5.50. The van der Waals surface area contributed by atoms with Crippen LogP contribution in [0.25, 0.3) is 0 Å². The second-order valence-electron chi connectivity index (χ2n) is 7.46. The van der Waals surface area contributed by atoms with Gasteiger partial charge in [-0.1, -0.05) is 6.07 Å². The van der Waals surface area contributed by atoms with Crippen molar-refractivity contribution in [3.8, 4) is 0 Å². The summed E-state index contributed by atoms with van der Waals surface area (Å²) >= 11 is 0. The highest BCUT2D eigenvalue weighted by Gasteiger charge is 2.19. The Morgan fingerprint density at radius 1 is 1.00 bits per heavy atom. The van der Waals surface area contributed by atoms with E-state index in [0.29, 0.717) is 17.5 Å². The SMILES string of the molecule is CC(c1ccc(Nc2cc(Nc3ncccc3S(C)(=O)=O)ncn2)nc1)N1CCOCC1. The Morgan fingerprint density at radius 2 is 1.75 bits per heavy atom. The zero-order valence-corrected chi connectivity index (χ0v) is 18.7. The van der Waals surface area contributed by atoms with Gasteiger partial charge in [0, 0.05) is 43.8 Å². The number of nitrogens with zero attached hydrogens (tertiary/aromatic N) is 5. The minimum atomic E-state index is -3.44. The highest BCUT2D eigenvalue weighted by molar-refractivity contribution is 7.90. The molecule has 0 saturated carbocycles. The molecule has 1 aliphatic heterocycles. The van der Waals surface area contributed by atoms with Crippen molar-refractivity contribution >= 4 is 33.1 Å². The van der Waals surface area contributed by atoms with Crippen molar-refractivity contribution in [3.63, 3.8) is 0 Å². The summed E-state index contributed by atoms with van der Waals surface area (Å²) in [4.78, 5) is 19.5. The third kappa shape index (κ3) is 5.36. The number of hydrogen-bond donors (Lipinski definition) is 2. The predicted octanol–water partition coefficient (Wildman–Crippen LogP) is 2.55. The molecule has 1 unspecified atom stereocenters. The third-order valence-electron chi connectivity index (χ3n) is 5.20. The highest BCUT2D eigenvalue weighted by Crippen LogP contribution is 2.24. The normalized spacial score (nSPS) is 15.8. The number of morpholine rings is 1. The Balaban J connectivity index is 1.45. The Morgan fingerprint density at radius 3 is 2.44 bits per heavy atom. The molecular weight excluding hydrogens is 430 g/mol. The van der Waals surface area contributed by atoms with Crippen LogP contribution in [0.2, 0.25) is 0 Å². The molecule has 0 bridgehead atoms. The molecule has 0 spiro atoms. The van der Waals surface area contributed by atoms with E-state index >= 15 is 0 Å². The fourth-order valence-corrected chi connectivity index (χ4v) is 4.21. The lowest BCUT2D eigenvalue weighted by atomic mass is 10.1. The van der Waals surface area contributed by atoms with E-state index in [1.165, 1.54) is 18.6 Å². The van der Waals surface area contributed by atoms with Crippen LogP contribution in [-0.4, -0.2) is 65.8 Å². The fourth-order valence-electron chi connectivity index (χ4n) is 3.43. The van der Waals surface area contributed by atoms with Gasteiger partial charge in [-0.2, -0.15) is 0 Å². The van der Waals surface area contributed by atoms with Crippen LogP contribution < -0.4 is 10.6 Å². The van der Waals surface area contributed by atoms with E-state index in [1.54, 1.807) is 12.1 Å². The average Bonchev–Trinajstić information content (AvgIpc) is 2.80. The van der Waals surface area contributed by atoms with Gasteiger partial charge in [-0.25, -0.2) is 28.4 Å². The molecular formula is C21H25N7O3S. The molecule has 0 amide bonds. The van der Waals surface area contributed by atoms with Crippen LogP contribution in [0.15, 0.2) is 53.9 Å². The number of hydrogen-bond acceptors (Lipinski definition) is 10. The Bertz CT molecular complexity index is 1170. The molecule has 168 valence electrons. The molecule has 1 saturated heterocycles. The smallest absolute Gasteiger partial charge is 0.179 e. The summed E-state index contributed by atoms with van der Waals surface area (Å²) in [5.41, 5.74) is 1.13. The van der Waals surface area contributed by atoms with Gasteiger partial charge < -0.3 is 15.4 Å². The van der Waals surface area contributed by atoms with Crippen molar-refractivity contribution in [2.45, 2.75) is 17.9 Å². The molecule has 2 N–H and O–H groups in total. The molecule has 0 aromatic carbocycles. The molecule has 4 rings (SSSR count). The number of pyridine rings is 2. The van der Waals surface area contributed by atoms with Crippen LogP contribution in [0.3, 0.4) is 0 Å². The summed E-state index contributed by atoms with van der Waals surface area (Å²) in [7, 11) is -3.44. The summed E-state index contributed by atoms with van der Waals surface area (Å²) in [5.74, 6) is 1.77. The topological polar surface area (TPSA) is 122 Å². The van der Waals surface area contributed by atoms with Gasteiger partial charge in [0.1, 0.15) is 34.5 Å². The van der Waals surface area contributed by atoms with Crippen molar-refractivity contribution < 1.29 is 13.2 Å². The number of nitrogens with one attached hydrogen (secondary N) is 2. The minimum absolute atomic E-state index is 0.0970. The van der Waals surface area contributed by atoms with Crippen molar-refractivity contribution in [2.24, 2.45) is 0 Å². The van der Waals surface area contributed by atoms with Crippen molar-refractivity contribution in [1.29, 1.82) is 0 Å². The number of rotatable bonds is 7. The van der Waals surface area contributed by atoms with Gasteiger partial charge in [-0.3, -0.25) is 4.90 Å². The summed E-state index contributed by atoms with van der Waals surface area (Å²) in [5, 5.41) is 6.09. The van der Waals surface area contributed by atoms with Gasteiger partial charge in [-0.05, 0) is 30.7 Å². The third-order valence-corrected chi connectivity index (χ3v) is 6.33. The summed E-state index contributed by atoms with van der Waals surface area (Å²) in [6, 6.07) is 8.94. The lowest BCUT2D eigenvalue weighted by Crippen LogP contribution is -2.38. The first-order valence-electron chi connectivity index (χ1n) is 10.2. The number of sulfone groups is 1. The lowest BCUT2D eigenvalue weighted by molar-refractivity contribution is 0.0198. The van der Waals surface area contributed by atoms with Gasteiger partial charge in [0.05, 0.1) is 13.2 Å². The van der Waals surface area contributed by atoms with Crippen LogP contribution in [-0.2, 0) is 14.6 Å². The average molecular weight is 456 g/mol. The van der Waals surface area contributed by atoms with Gasteiger partial charge in [0.25, 0.3) is 0 Å². The number of aromatic nitrogens is 4. The standard InChI is InChI=1S/C21H25N7O3S/c1-15(28-8-10-31-11-9-28)16-5-6-18(23-13-16)26-19-12-20(25-14-24-19)27-21-17(32(2,29)30)4-3-7-22-21/h3-7,12-15H,8-11H2,1-2H3,(H2,22,23,24,25,26,27). The predicted molar refractivity (Wildman–Crippen MR) is 121 cm³/mol. The fraction of sp³-hybridized carbons (Fsp3) is 0.333. The summed E-state index contributed by atoms with van der Waals surface area (Å²) < 4.78 is 29.4. The minimum Gasteiger partial charge on any atom is -0.379 e. The molecule has 4 heterocycles. The van der Waals surface area contributed by atoms with Gasteiger partial charge in [0.15, 0.2) is 9.84 Å². The Kier molecular flexibility index (Phi) is 6.58. The molecule has 1 fully saturated rings. The monoisotopic (exact) mass is 455 g/mol. The maximum atomic E-state index is 12.0. The molecule has 3 aromatic rings. The zero-order valence-electron chi connectivity index (χ0n) is 17.9.